The zero-order chi connectivity index (χ0) is 14.3. The normalized spacial score (nSPS) is 11.2. The minimum absolute atomic E-state index is 0.193. The molecule has 3 heterocycles. The molecular formula is C14H14N4O2. The van der Waals surface area contributed by atoms with Gasteiger partial charge >= 0.3 is 0 Å². The van der Waals surface area contributed by atoms with Crippen molar-refractivity contribution in [3.8, 4) is 6.07 Å². The van der Waals surface area contributed by atoms with E-state index in [0.717, 1.165) is 17.1 Å². The van der Waals surface area contributed by atoms with Crippen molar-refractivity contribution in [1.82, 2.24) is 14.2 Å². The third-order valence-corrected chi connectivity index (χ3v) is 3.31. The molecule has 0 aliphatic heterocycles. The SMILES string of the molecule is CCc1nn(CCC#N)c(=O)c2cc3oc(C)cc3n12. The second-order valence-corrected chi connectivity index (χ2v) is 4.68. The van der Waals surface area contributed by atoms with Crippen LogP contribution >= 0.6 is 0 Å². The van der Waals surface area contributed by atoms with Gasteiger partial charge in [-0.3, -0.25) is 9.20 Å². The molecule has 102 valence electrons. The summed E-state index contributed by atoms with van der Waals surface area (Å²) >= 11 is 0. The molecular weight excluding hydrogens is 256 g/mol. The molecule has 3 aromatic heterocycles. The second kappa shape index (κ2) is 4.53. The van der Waals surface area contributed by atoms with Crippen molar-refractivity contribution >= 4 is 16.6 Å². The van der Waals surface area contributed by atoms with Crippen molar-refractivity contribution in [2.75, 3.05) is 0 Å². The van der Waals surface area contributed by atoms with Crippen molar-refractivity contribution in [2.24, 2.45) is 0 Å². The van der Waals surface area contributed by atoms with Crippen LogP contribution in [-0.2, 0) is 13.0 Å². The Labute approximate surface area is 114 Å². The van der Waals surface area contributed by atoms with Gasteiger partial charge in [0, 0.05) is 18.6 Å². The summed E-state index contributed by atoms with van der Waals surface area (Å²) in [6.45, 7) is 4.17. The Bertz CT molecular complexity index is 892. The van der Waals surface area contributed by atoms with Crippen LogP contribution in [0.3, 0.4) is 0 Å². The molecule has 3 aromatic rings. The molecule has 0 spiro atoms. The first kappa shape index (κ1) is 12.5. The molecule has 0 saturated carbocycles. The number of furan rings is 1. The number of fused-ring (bicyclic) bond motifs is 3. The Hall–Kier alpha value is -2.55. The average Bonchev–Trinajstić information content (AvgIpc) is 2.95. The van der Waals surface area contributed by atoms with Crippen LogP contribution in [0.25, 0.3) is 16.6 Å². The van der Waals surface area contributed by atoms with Crippen LogP contribution in [0, 0.1) is 18.3 Å². The molecule has 6 nitrogen and oxygen atoms in total. The van der Waals surface area contributed by atoms with E-state index in [1.165, 1.54) is 4.68 Å². The van der Waals surface area contributed by atoms with Gasteiger partial charge < -0.3 is 4.42 Å². The summed E-state index contributed by atoms with van der Waals surface area (Å²) in [4.78, 5) is 12.4. The first-order chi connectivity index (χ1) is 9.65. The first-order valence-electron chi connectivity index (χ1n) is 6.54. The molecule has 0 saturated heterocycles. The van der Waals surface area contributed by atoms with E-state index in [1.54, 1.807) is 6.07 Å². The van der Waals surface area contributed by atoms with E-state index < -0.39 is 0 Å². The molecule has 0 aliphatic rings. The Morgan fingerprint density at radius 1 is 1.40 bits per heavy atom. The highest BCUT2D eigenvalue weighted by Gasteiger charge is 2.15. The lowest BCUT2D eigenvalue weighted by Crippen LogP contribution is -2.27. The number of nitriles is 1. The van der Waals surface area contributed by atoms with E-state index in [0.29, 0.717) is 24.1 Å². The fourth-order valence-electron chi connectivity index (χ4n) is 2.45. The average molecular weight is 270 g/mol. The maximum atomic E-state index is 12.4. The first-order valence-corrected chi connectivity index (χ1v) is 6.54. The largest absolute Gasteiger partial charge is 0.460 e. The van der Waals surface area contributed by atoms with Crippen LogP contribution in [0.1, 0.15) is 24.9 Å². The monoisotopic (exact) mass is 270 g/mol. The molecule has 0 unspecified atom stereocenters. The highest BCUT2D eigenvalue weighted by Crippen LogP contribution is 2.23. The Balaban J connectivity index is 2.36. The Morgan fingerprint density at radius 3 is 2.90 bits per heavy atom. The summed E-state index contributed by atoms with van der Waals surface area (Å²) in [5, 5.41) is 13.0. The number of rotatable bonds is 3. The third-order valence-electron chi connectivity index (χ3n) is 3.31. The third kappa shape index (κ3) is 1.71. The predicted molar refractivity (Wildman–Crippen MR) is 73.6 cm³/mol. The van der Waals surface area contributed by atoms with Gasteiger partial charge in [-0.15, -0.1) is 0 Å². The lowest BCUT2D eigenvalue weighted by atomic mass is 10.4. The summed E-state index contributed by atoms with van der Waals surface area (Å²) in [7, 11) is 0. The number of hydrogen-bond acceptors (Lipinski definition) is 4. The summed E-state index contributed by atoms with van der Waals surface area (Å²) < 4.78 is 8.79. The second-order valence-electron chi connectivity index (χ2n) is 4.68. The molecule has 3 rings (SSSR count). The van der Waals surface area contributed by atoms with Gasteiger partial charge in [0.25, 0.3) is 5.56 Å². The van der Waals surface area contributed by atoms with Crippen molar-refractivity contribution in [2.45, 2.75) is 33.2 Å². The highest BCUT2D eigenvalue weighted by atomic mass is 16.3. The molecule has 0 N–H and O–H groups in total. The van der Waals surface area contributed by atoms with E-state index in [-0.39, 0.29) is 12.0 Å². The van der Waals surface area contributed by atoms with E-state index in [2.05, 4.69) is 5.10 Å². The smallest absolute Gasteiger partial charge is 0.291 e. The quantitative estimate of drug-likeness (QED) is 0.729. The van der Waals surface area contributed by atoms with Gasteiger partial charge in [-0.1, -0.05) is 6.92 Å². The van der Waals surface area contributed by atoms with Crippen molar-refractivity contribution in [3.05, 3.63) is 34.1 Å². The summed E-state index contributed by atoms with van der Waals surface area (Å²) in [6.07, 6.45) is 0.958. The fraction of sp³-hybridized carbons (Fsp3) is 0.357. The van der Waals surface area contributed by atoms with E-state index >= 15 is 0 Å². The number of hydrogen-bond donors (Lipinski definition) is 0. The molecule has 0 bridgehead atoms. The molecule has 0 amide bonds. The lowest BCUT2D eigenvalue weighted by molar-refractivity contribution is 0.564. The van der Waals surface area contributed by atoms with Crippen LogP contribution in [0.5, 0.6) is 0 Å². The minimum Gasteiger partial charge on any atom is -0.460 e. The minimum atomic E-state index is -0.193. The van der Waals surface area contributed by atoms with Crippen molar-refractivity contribution in [3.63, 3.8) is 0 Å². The van der Waals surface area contributed by atoms with Crippen molar-refractivity contribution in [1.29, 1.82) is 5.26 Å². The van der Waals surface area contributed by atoms with Gasteiger partial charge in [0.15, 0.2) is 5.58 Å². The van der Waals surface area contributed by atoms with Gasteiger partial charge in [-0.25, -0.2) is 4.68 Å². The van der Waals surface area contributed by atoms with Crippen molar-refractivity contribution < 1.29 is 4.42 Å². The molecule has 0 atom stereocenters. The maximum Gasteiger partial charge on any atom is 0.291 e. The number of aryl methyl sites for hydroxylation is 3. The van der Waals surface area contributed by atoms with E-state index in [4.69, 9.17) is 9.68 Å². The van der Waals surface area contributed by atoms with E-state index in [1.807, 2.05) is 30.4 Å². The summed E-state index contributed by atoms with van der Waals surface area (Å²) in [5.41, 5.74) is 1.91. The highest BCUT2D eigenvalue weighted by molar-refractivity contribution is 5.83. The Morgan fingerprint density at radius 2 is 2.20 bits per heavy atom. The van der Waals surface area contributed by atoms with E-state index in [9.17, 15) is 4.79 Å². The van der Waals surface area contributed by atoms with Crippen LogP contribution in [0.4, 0.5) is 0 Å². The fourth-order valence-corrected chi connectivity index (χ4v) is 2.45. The van der Waals surface area contributed by atoms with Crippen LogP contribution in [-0.4, -0.2) is 14.2 Å². The molecule has 0 radical (unpaired) electrons. The van der Waals surface area contributed by atoms with Crippen LogP contribution < -0.4 is 5.56 Å². The van der Waals surface area contributed by atoms with Gasteiger partial charge in [0.05, 0.1) is 24.6 Å². The zero-order valence-electron chi connectivity index (χ0n) is 11.4. The molecule has 0 fully saturated rings. The van der Waals surface area contributed by atoms with Gasteiger partial charge in [0.1, 0.15) is 17.1 Å². The van der Waals surface area contributed by atoms with Crippen LogP contribution in [0.2, 0.25) is 0 Å². The molecule has 0 aromatic carbocycles. The summed E-state index contributed by atoms with van der Waals surface area (Å²) in [6, 6.07) is 5.68. The maximum absolute atomic E-state index is 12.4. The standard InChI is InChI=1S/C14H14N4O2/c1-3-13-16-17(6-4-5-15)14(19)11-8-12-10(18(11)13)7-9(2)20-12/h7-8H,3-4,6H2,1-2H3. The predicted octanol–water partition coefficient (Wildman–Crippen LogP) is 2.03. The molecule has 6 heteroatoms. The topological polar surface area (TPSA) is 76.2 Å². The molecule has 0 aliphatic carbocycles. The number of nitrogens with zero attached hydrogens (tertiary/aromatic N) is 4. The summed E-state index contributed by atoms with van der Waals surface area (Å²) in [5.74, 6) is 1.59. The zero-order valence-corrected chi connectivity index (χ0v) is 11.4. The van der Waals surface area contributed by atoms with Gasteiger partial charge in [-0.05, 0) is 6.92 Å². The number of aromatic nitrogens is 3. The Kier molecular flexibility index (Phi) is 2.83. The van der Waals surface area contributed by atoms with Crippen LogP contribution in [0.15, 0.2) is 21.3 Å². The van der Waals surface area contributed by atoms with Gasteiger partial charge in [0.2, 0.25) is 0 Å². The lowest BCUT2D eigenvalue weighted by Gasteiger charge is -2.08. The van der Waals surface area contributed by atoms with Gasteiger partial charge in [-0.2, -0.15) is 10.4 Å². The molecule has 20 heavy (non-hydrogen) atoms.